The van der Waals surface area contributed by atoms with Crippen molar-refractivity contribution >= 4 is 5.97 Å². The van der Waals surface area contributed by atoms with E-state index >= 15 is 0 Å². The van der Waals surface area contributed by atoms with E-state index in [0.717, 1.165) is 18.8 Å². The van der Waals surface area contributed by atoms with Crippen LogP contribution in [-0.2, 0) is 9.53 Å². The fraction of sp³-hybridized carbons (Fsp3) is 0.917. The van der Waals surface area contributed by atoms with Gasteiger partial charge in [-0.05, 0) is 37.5 Å². The van der Waals surface area contributed by atoms with Crippen LogP contribution in [0.25, 0.3) is 0 Å². The molecule has 1 aliphatic rings. The van der Waals surface area contributed by atoms with Gasteiger partial charge in [0.15, 0.2) is 0 Å². The predicted octanol–water partition coefficient (Wildman–Crippen LogP) is 3.15. The van der Waals surface area contributed by atoms with Gasteiger partial charge in [0, 0.05) is 6.92 Å². The van der Waals surface area contributed by atoms with Crippen LogP contribution in [0.3, 0.4) is 0 Å². The summed E-state index contributed by atoms with van der Waals surface area (Å²) in [6.45, 7) is 8.10. The van der Waals surface area contributed by atoms with E-state index in [4.69, 9.17) is 4.74 Å². The minimum absolute atomic E-state index is 0.131. The van der Waals surface area contributed by atoms with Gasteiger partial charge in [-0.15, -0.1) is 0 Å². The summed E-state index contributed by atoms with van der Waals surface area (Å²) in [4.78, 5) is 11.1. The van der Waals surface area contributed by atoms with Crippen molar-refractivity contribution in [2.24, 2.45) is 11.8 Å². The van der Waals surface area contributed by atoms with Crippen molar-refractivity contribution in [2.75, 3.05) is 0 Å². The molecule has 0 bridgehead atoms. The van der Waals surface area contributed by atoms with Gasteiger partial charge in [-0.2, -0.15) is 0 Å². The zero-order valence-corrected chi connectivity index (χ0v) is 9.80. The topological polar surface area (TPSA) is 26.3 Å². The molecular formula is C12H22O2. The second kappa shape index (κ2) is 4.33. The summed E-state index contributed by atoms with van der Waals surface area (Å²) < 4.78 is 5.55. The maximum absolute atomic E-state index is 11.1. The highest BCUT2D eigenvalue weighted by atomic mass is 16.6. The molecule has 0 heterocycles. The van der Waals surface area contributed by atoms with Crippen molar-refractivity contribution in [2.45, 2.75) is 59.0 Å². The molecule has 82 valence electrons. The van der Waals surface area contributed by atoms with E-state index in [-0.39, 0.29) is 11.6 Å². The lowest BCUT2D eigenvalue weighted by Gasteiger charge is -2.41. The Kier molecular flexibility index (Phi) is 3.57. The van der Waals surface area contributed by atoms with Crippen molar-refractivity contribution in [1.29, 1.82) is 0 Å². The number of rotatable bonds is 2. The van der Waals surface area contributed by atoms with Gasteiger partial charge in [0.25, 0.3) is 0 Å². The number of carbonyl (C=O) groups excluding carboxylic acids is 1. The van der Waals surface area contributed by atoms with Gasteiger partial charge in [0.2, 0.25) is 0 Å². The van der Waals surface area contributed by atoms with Crippen LogP contribution >= 0.6 is 0 Å². The molecule has 14 heavy (non-hydrogen) atoms. The van der Waals surface area contributed by atoms with Crippen LogP contribution in [0.4, 0.5) is 0 Å². The number of ether oxygens (including phenoxy) is 1. The van der Waals surface area contributed by atoms with Gasteiger partial charge < -0.3 is 4.74 Å². The molecule has 0 aromatic heterocycles. The van der Waals surface area contributed by atoms with Gasteiger partial charge in [-0.1, -0.05) is 20.8 Å². The van der Waals surface area contributed by atoms with Crippen molar-refractivity contribution < 1.29 is 9.53 Å². The summed E-state index contributed by atoms with van der Waals surface area (Å²) in [5.74, 6) is 1.09. The lowest BCUT2D eigenvalue weighted by atomic mass is 9.73. The summed E-state index contributed by atoms with van der Waals surface area (Å²) in [5, 5.41) is 0. The van der Waals surface area contributed by atoms with Crippen molar-refractivity contribution in [3.8, 4) is 0 Å². The monoisotopic (exact) mass is 198 g/mol. The summed E-state index contributed by atoms with van der Waals surface area (Å²) in [5.41, 5.74) is -0.168. The molecule has 2 nitrogen and oxygen atoms in total. The molecule has 0 aromatic rings. The molecule has 0 aliphatic heterocycles. The van der Waals surface area contributed by atoms with E-state index < -0.39 is 0 Å². The number of carbonyl (C=O) groups is 1. The standard InChI is InChI=1S/C12H22O2/c1-9(2)12(14-11(4)13)7-5-10(3)6-8-12/h9-10H,5-8H2,1-4H3. The molecular weight excluding hydrogens is 176 g/mol. The van der Waals surface area contributed by atoms with E-state index in [9.17, 15) is 4.79 Å². The lowest BCUT2D eigenvalue weighted by Crippen LogP contribution is -2.43. The SMILES string of the molecule is CC(=O)OC1(C(C)C)CCC(C)CC1. The maximum atomic E-state index is 11.1. The molecule has 0 radical (unpaired) electrons. The fourth-order valence-electron chi connectivity index (χ4n) is 2.33. The quantitative estimate of drug-likeness (QED) is 0.637. The third-order valence-corrected chi connectivity index (χ3v) is 3.52. The molecule has 0 amide bonds. The fourth-order valence-corrected chi connectivity index (χ4v) is 2.33. The minimum Gasteiger partial charge on any atom is -0.459 e. The average Bonchev–Trinajstić information content (AvgIpc) is 2.08. The Morgan fingerprint density at radius 3 is 2.21 bits per heavy atom. The third-order valence-electron chi connectivity index (χ3n) is 3.52. The number of hydrogen-bond donors (Lipinski definition) is 0. The zero-order chi connectivity index (χ0) is 10.8. The first-order valence-corrected chi connectivity index (χ1v) is 5.66. The van der Waals surface area contributed by atoms with Crippen LogP contribution in [0.1, 0.15) is 53.4 Å². The zero-order valence-electron chi connectivity index (χ0n) is 9.80. The van der Waals surface area contributed by atoms with E-state index in [2.05, 4.69) is 20.8 Å². The average molecular weight is 198 g/mol. The second-order valence-corrected chi connectivity index (χ2v) is 5.00. The molecule has 0 spiro atoms. The molecule has 1 saturated carbocycles. The van der Waals surface area contributed by atoms with Gasteiger partial charge in [-0.25, -0.2) is 0 Å². The number of hydrogen-bond acceptors (Lipinski definition) is 2. The normalized spacial score (nSPS) is 33.1. The summed E-state index contributed by atoms with van der Waals surface area (Å²) in [7, 11) is 0. The Morgan fingerprint density at radius 2 is 1.86 bits per heavy atom. The predicted molar refractivity (Wildman–Crippen MR) is 57.0 cm³/mol. The number of esters is 1. The Balaban J connectivity index is 2.68. The van der Waals surface area contributed by atoms with Gasteiger partial charge in [0.05, 0.1) is 0 Å². The molecule has 1 aliphatic carbocycles. The molecule has 1 fully saturated rings. The van der Waals surface area contributed by atoms with E-state index in [1.807, 2.05) is 0 Å². The van der Waals surface area contributed by atoms with Crippen LogP contribution in [-0.4, -0.2) is 11.6 Å². The highest BCUT2D eigenvalue weighted by Gasteiger charge is 2.39. The van der Waals surface area contributed by atoms with Crippen molar-refractivity contribution in [3.05, 3.63) is 0 Å². The van der Waals surface area contributed by atoms with Crippen LogP contribution in [0.15, 0.2) is 0 Å². The van der Waals surface area contributed by atoms with Crippen LogP contribution < -0.4 is 0 Å². The summed E-state index contributed by atoms with van der Waals surface area (Å²) in [6.07, 6.45) is 4.44. The molecule has 0 saturated heterocycles. The van der Waals surface area contributed by atoms with E-state index in [1.165, 1.54) is 19.8 Å². The van der Waals surface area contributed by atoms with Crippen LogP contribution in [0.5, 0.6) is 0 Å². The van der Waals surface area contributed by atoms with Crippen molar-refractivity contribution in [1.82, 2.24) is 0 Å². The first-order chi connectivity index (χ1) is 6.46. The molecule has 0 unspecified atom stereocenters. The van der Waals surface area contributed by atoms with Gasteiger partial charge >= 0.3 is 5.97 Å². The summed E-state index contributed by atoms with van der Waals surface area (Å²) >= 11 is 0. The largest absolute Gasteiger partial charge is 0.459 e. The Labute approximate surface area is 87.0 Å². The highest BCUT2D eigenvalue weighted by molar-refractivity contribution is 5.66. The van der Waals surface area contributed by atoms with Gasteiger partial charge in [-0.3, -0.25) is 4.79 Å². The first-order valence-electron chi connectivity index (χ1n) is 5.66. The Morgan fingerprint density at radius 1 is 1.36 bits per heavy atom. The maximum Gasteiger partial charge on any atom is 0.303 e. The smallest absolute Gasteiger partial charge is 0.303 e. The van der Waals surface area contributed by atoms with E-state index in [0.29, 0.717) is 5.92 Å². The summed E-state index contributed by atoms with van der Waals surface area (Å²) in [6, 6.07) is 0. The third kappa shape index (κ3) is 2.49. The Hall–Kier alpha value is -0.530. The Bertz CT molecular complexity index is 200. The molecule has 1 rings (SSSR count). The molecule has 2 heteroatoms. The van der Waals surface area contributed by atoms with Gasteiger partial charge in [0.1, 0.15) is 5.60 Å². The highest BCUT2D eigenvalue weighted by Crippen LogP contribution is 2.39. The minimum atomic E-state index is -0.168. The first kappa shape index (κ1) is 11.5. The van der Waals surface area contributed by atoms with E-state index in [1.54, 1.807) is 0 Å². The molecule has 0 N–H and O–H groups in total. The van der Waals surface area contributed by atoms with Crippen LogP contribution in [0, 0.1) is 11.8 Å². The van der Waals surface area contributed by atoms with Crippen molar-refractivity contribution in [3.63, 3.8) is 0 Å². The molecule has 0 aromatic carbocycles. The lowest BCUT2D eigenvalue weighted by molar-refractivity contribution is -0.168. The molecule has 0 atom stereocenters. The van der Waals surface area contributed by atoms with Crippen LogP contribution in [0.2, 0.25) is 0 Å². The second-order valence-electron chi connectivity index (χ2n) is 5.00.